The van der Waals surface area contributed by atoms with Crippen molar-refractivity contribution in [3.05, 3.63) is 76.7 Å². The van der Waals surface area contributed by atoms with E-state index >= 15 is 0 Å². The molecule has 4 aromatic rings. The van der Waals surface area contributed by atoms with Crippen molar-refractivity contribution in [2.45, 2.75) is 29.7 Å². The molecule has 0 unspecified atom stereocenters. The highest BCUT2D eigenvalue weighted by atomic mass is 32.2. The minimum absolute atomic E-state index is 0.105. The van der Waals surface area contributed by atoms with Gasteiger partial charge in [0, 0.05) is 27.9 Å². The van der Waals surface area contributed by atoms with Gasteiger partial charge in [-0.15, -0.1) is 0 Å². The van der Waals surface area contributed by atoms with Gasteiger partial charge in [-0.1, -0.05) is 18.2 Å². The lowest BCUT2D eigenvalue weighted by molar-refractivity contribution is -0.137. The molecule has 0 saturated heterocycles. The number of hydrogen-bond acceptors (Lipinski definition) is 5. The van der Waals surface area contributed by atoms with E-state index in [9.17, 15) is 22.7 Å². The fraction of sp³-hybridized carbons (Fsp3) is 0.143. The molecule has 0 atom stereocenters. The molecule has 0 aliphatic carbocycles. The Balaban J connectivity index is 1.84. The van der Waals surface area contributed by atoms with Gasteiger partial charge in [-0.25, -0.2) is 12.8 Å². The Kier molecular flexibility index (Phi) is 5.17. The van der Waals surface area contributed by atoms with E-state index in [4.69, 9.17) is 0 Å². The standard InChI is InChI=1S/C21H17FN2O4S2/c1-13-16(17-9-14(22)7-8-18(17)24(13)12-21(25)26)10-19-20(11-23-29-19)30(27,28)15-5-3-2-4-6-15/h2-9,11H,10,12H2,1H3,(H,25,26). The van der Waals surface area contributed by atoms with Crippen LogP contribution < -0.4 is 0 Å². The Morgan fingerprint density at radius 3 is 2.63 bits per heavy atom. The van der Waals surface area contributed by atoms with Crippen LogP contribution >= 0.6 is 11.5 Å². The normalized spacial score (nSPS) is 11.8. The van der Waals surface area contributed by atoms with Gasteiger partial charge in [0.05, 0.1) is 11.1 Å². The summed E-state index contributed by atoms with van der Waals surface area (Å²) in [5, 5.41) is 9.83. The molecular weight excluding hydrogens is 427 g/mol. The zero-order valence-corrected chi connectivity index (χ0v) is 17.5. The van der Waals surface area contributed by atoms with Crippen molar-refractivity contribution in [3.8, 4) is 0 Å². The summed E-state index contributed by atoms with van der Waals surface area (Å²) in [6.07, 6.45) is 1.53. The number of aromatic nitrogens is 2. The first kappa shape index (κ1) is 20.2. The lowest BCUT2D eigenvalue weighted by atomic mass is 10.1. The van der Waals surface area contributed by atoms with E-state index in [-0.39, 0.29) is 22.8 Å². The Bertz CT molecular complexity index is 1360. The van der Waals surface area contributed by atoms with Crippen LogP contribution in [0.4, 0.5) is 4.39 Å². The van der Waals surface area contributed by atoms with Crippen molar-refractivity contribution < 1.29 is 22.7 Å². The number of nitrogens with zero attached hydrogens (tertiary/aromatic N) is 2. The molecule has 0 aliphatic rings. The van der Waals surface area contributed by atoms with E-state index in [2.05, 4.69) is 4.37 Å². The van der Waals surface area contributed by atoms with Crippen molar-refractivity contribution in [1.29, 1.82) is 0 Å². The molecule has 0 saturated carbocycles. The summed E-state index contributed by atoms with van der Waals surface area (Å²) < 4.78 is 45.8. The molecule has 0 spiro atoms. The number of carbonyl (C=O) groups is 1. The molecule has 0 aliphatic heterocycles. The van der Waals surface area contributed by atoms with E-state index in [1.54, 1.807) is 35.8 Å². The van der Waals surface area contributed by atoms with Gasteiger partial charge in [0.2, 0.25) is 9.84 Å². The Morgan fingerprint density at radius 2 is 1.93 bits per heavy atom. The first-order valence-corrected chi connectivity index (χ1v) is 11.3. The third-order valence-electron chi connectivity index (χ3n) is 5.00. The summed E-state index contributed by atoms with van der Waals surface area (Å²) in [4.78, 5) is 12.1. The molecule has 2 aromatic heterocycles. The molecule has 0 amide bonds. The zero-order valence-electron chi connectivity index (χ0n) is 15.9. The number of aliphatic carboxylic acids is 1. The van der Waals surface area contributed by atoms with Crippen LogP contribution in [0.2, 0.25) is 0 Å². The highest BCUT2D eigenvalue weighted by Gasteiger charge is 2.25. The van der Waals surface area contributed by atoms with Crippen molar-refractivity contribution in [3.63, 3.8) is 0 Å². The van der Waals surface area contributed by atoms with Gasteiger partial charge in [-0.3, -0.25) is 4.79 Å². The predicted molar refractivity (Wildman–Crippen MR) is 111 cm³/mol. The number of hydrogen-bond donors (Lipinski definition) is 1. The number of halogens is 1. The smallest absolute Gasteiger partial charge is 0.323 e. The largest absolute Gasteiger partial charge is 0.480 e. The topological polar surface area (TPSA) is 89.3 Å². The summed E-state index contributed by atoms with van der Waals surface area (Å²) >= 11 is 1.06. The number of carboxylic acid groups (broad SMARTS) is 1. The van der Waals surface area contributed by atoms with Crippen LogP contribution in [-0.2, 0) is 27.6 Å². The van der Waals surface area contributed by atoms with Gasteiger partial charge in [-0.05, 0) is 54.4 Å². The first-order valence-electron chi connectivity index (χ1n) is 9.01. The lowest BCUT2D eigenvalue weighted by Crippen LogP contribution is -2.10. The molecule has 154 valence electrons. The second kappa shape index (κ2) is 7.66. The lowest BCUT2D eigenvalue weighted by Gasteiger charge is -2.07. The molecule has 2 heterocycles. The fourth-order valence-corrected chi connectivity index (χ4v) is 6.04. The zero-order chi connectivity index (χ0) is 21.5. The monoisotopic (exact) mass is 444 g/mol. The SMILES string of the molecule is Cc1c(Cc2sncc2S(=O)(=O)c2ccccc2)c2cc(F)ccc2n1CC(=O)O. The van der Waals surface area contributed by atoms with E-state index in [0.717, 1.165) is 11.5 Å². The number of sulfone groups is 1. The second-order valence-corrected chi connectivity index (χ2v) is 9.62. The molecule has 0 radical (unpaired) electrons. The molecular formula is C21H17FN2O4S2. The van der Waals surface area contributed by atoms with Crippen molar-refractivity contribution in [2.24, 2.45) is 0 Å². The second-order valence-electron chi connectivity index (χ2n) is 6.81. The minimum Gasteiger partial charge on any atom is -0.480 e. The maximum Gasteiger partial charge on any atom is 0.323 e. The average Bonchev–Trinajstić information content (AvgIpc) is 3.28. The average molecular weight is 445 g/mol. The van der Waals surface area contributed by atoms with Crippen LogP contribution in [0, 0.1) is 12.7 Å². The van der Waals surface area contributed by atoms with Gasteiger partial charge in [0.25, 0.3) is 0 Å². The quantitative estimate of drug-likeness (QED) is 0.485. The molecule has 0 fully saturated rings. The number of fused-ring (bicyclic) bond motifs is 1. The molecule has 0 bridgehead atoms. The van der Waals surface area contributed by atoms with Gasteiger partial charge in [-0.2, -0.15) is 4.37 Å². The van der Waals surface area contributed by atoms with Gasteiger partial charge in [0.1, 0.15) is 17.3 Å². The van der Waals surface area contributed by atoms with Crippen LogP contribution in [0.3, 0.4) is 0 Å². The van der Waals surface area contributed by atoms with Crippen LogP contribution in [-0.4, -0.2) is 28.4 Å². The summed E-state index contributed by atoms with van der Waals surface area (Å²) in [6, 6.07) is 12.3. The fourth-order valence-electron chi connectivity index (χ4n) is 3.57. The molecule has 9 heteroatoms. The summed E-state index contributed by atoms with van der Waals surface area (Å²) in [7, 11) is -3.76. The highest BCUT2D eigenvalue weighted by Crippen LogP contribution is 2.33. The third-order valence-corrected chi connectivity index (χ3v) is 7.75. The van der Waals surface area contributed by atoms with Crippen LogP contribution in [0.5, 0.6) is 0 Å². The van der Waals surface area contributed by atoms with Crippen molar-refractivity contribution >= 4 is 38.2 Å². The molecule has 1 N–H and O–H groups in total. The highest BCUT2D eigenvalue weighted by molar-refractivity contribution is 7.91. The van der Waals surface area contributed by atoms with E-state index in [1.165, 1.54) is 30.5 Å². The summed E-state index contributed by atoms with van der Waals surface area (Å²) in [6.45, 7) is 1.48. The maximum absolute atomic E-state index is 14.0. The Labute approximate surface area is 176 Å². The number of rotatable bonds is 6. The predicted octanol–water partition coefficient (Wildman–Crippen LogP) is 4.05. The summed E-state index contributed by atoms with van der Waals surface area (Å²) in [5.41, 5.74) is 1.91. The Hall–Kier alpha value is -3.04. The van der Waals surface area contributed by atoms with Gasteiger partial charge in [0.15, 0.2) is 0 Å². The minimum atomic E-state index is -3.76. The molecule has 6 nitrogen and oxygen atoms in total. The van der Waals surface area contributed by atoms with Crippen molar-refractivity contribution in [2.75, 3.05) is 0 Å². The van der Waals surface area contributed by atoms with E-state index in [1.807, 2.05) is 0 Å². The molecule has 4 rings (SSSR count). The number of benzene rings is 2. The molecule has 30 heavy (non-hydrogen) atoms. The summed E-state index contributed by atoms with van der Waals surface area (Å²) in [5.74, 6) is -1.46. The number of carboxylic acids is 1. The van der Waals surface area contributed by atoms with E-state index in [0.29, 0.717) is 27.0 Å². The Morgan fingerprint density at radius 1 is 1.20 bits per heavy atom. The van der Waals surface area contributed by atoms with Crippen LogP contribution in [0.15, 0.2) is 64.5 Å². The van der Waals surface area contributed by atoms with E-state index < -0.39 is 21.6 Å². The first-order chi connectivity index (χ1) is 14.3. The van der Waals surface area contributed by atoms with Gasteiger partial charge < -0.3 is 9.67 Å². The molecule has 2 aromatic carbocycles. The third kappa shape index (κ3) is 3.50. The van der Waals surface area contributed by atoms with Crippen molar-refractivity contribution in [1.82, 2.24) is 8.94 Å². The van der Waals surface area contributed by atoms with Crippen LogP contribution in [0.1, 0.15) is 16.1 Å². The maximum atomic E-state index is 14.0. The van der Waals surface area contributed by atoms with Crippen LogP contribution in [0.25, 0.3) is 10.9 Å². The van der Waals surface area contributed by atoms with Gasteiger partial charge >= 0.3 is 5.97 Å².